The van der Waals surface area contributed by atoms with Crippen molar-refractivity contribution in [1.82, 2.24) is 19.5 Å². The molecule has 0 saturated carbocycles. The second-order valence-electron chi connectivity index (χ2n) is 6.91. The Morgan fingerprint density at radius 3 is 2.41 bits per heavy atom. The number of rotatable bonds is 5. The first-order valence-electron chi connectivity index (χ1n) is 9.64. The molecule has 1 aliphatic heterocycles. The summed E-state index contributed by atoms with van der Waals surface area (Å²) in [6.45, 7) is 3.81. The summed E-state index contributed by atoms with van der Waals surface area (Å²) in [6, 6.07) is 17.8. The van der Waals surface area contributed by atoms with Gasteiger partial charge in [-0.2, -0.15) is 4.73 Å². The molecule has 0 radical (unpaired) electrons. The van der Waals surface area contributed by atoms with E-state index in [2.05, 4.69) is 34.1 Å². The van der Waals surface area contributed by atoms with E-state index in [0.717, 1.165) is 30.9 Å². The number of hydrogen-bond donors (Lipinski definition) is 0. The third-order valence-corrected chi connectivity index (χ3v) is 5.01. The van der Waals surface area contributed by atoms with Crippen LogP contribution in [0.4, 0.5) is 4.79 Å². The molecule has 0 unspecified atom stereocenters. The molecule has 1 amide bonds. The van der Waals surface area contributed by atoms with Gasteiger partial charge in [0.1, 0.15) is 5.75 Å². The molecule has 2 aromatic carbocycles. The van der Waals surface area contributed by atoms with Crippen molar-refractivity contribution in [3.05, 3.63) is 72.6 Å². The number of methoxy groups -OCH3 is 1. The quantitative estimate of drug-likeness (QED) is 0.668. The van der Waals surface area contributed by atoms with Gasteiger partial charge in [-0.1, -0.05) is 30.3 Å². The van der Waals surface area contributed by atoms with Crippen LogP contribution in [0.3, 0.4) is 0 Å². The average molecular weight is 392 g/mol. The van der Waals surface area contributed by atoms with Crippen LogP contribution < -0.4 is 9.57 Å². The lowest BCUT2D eigenvalue weighted by atomic mass is 10.2. The van der Waals surface area contributed by atoms with Crippen LogP contribution in [0.25, 0.3) is 11.4 Å². The molecule has 0 spiro atoms. The molecule has 3 aromatic rings. The highest BCUT2D eigenvalue weighted by atomic mass is 16.7. The van der Waals surface area contributed by atoms with Gasteiger partial charge in [0.25, 0.3) is 0 Å². The van der Waals surface area contributed by atoms with Crippen LogP contribution in [0.1, 0.15) is 5.56 Å². The molecule has 7 nitrogen and oxygen atoms in total. The highest BCUT2D eigenvalue weighted by molar-refractivity contribution is 5.69. The molecule has 4 rings (SSSR count). The number of amides is 1. The molecular weight excluding hydrogens is 368 g/mol. The normalized spacial score (nSPS) is 14.6. The Balaban J connectivity index is 1.34. The van der Waals surface area contributed by atoms with E-state index in [4.69, 9.17) is 9.57 Å². The van der Waals surface area contributed by atoms with Crippen LogP contribution in [-0.2, 0) is 6.54 Å². The molecule has 0 atom stereocenters. The van der Waals surface area contributed by atoms with Gasteiger partial charge in [-0.25, -0.2) is 9.78 Å². The Kier molecular flexibility index (Phi) is 5.76. The minimum absolute atomic E-state index is 0.364. The minimum Gasteiger partial charge on any atom is -0.497 e. The Hall–Kier alpha value is -3.32. The average Bonchev–Trinajstić information content (AvgIpc) is 3.23. The Labute approximate surface area is 170 Å². The molecule has 7 heteroatoms. The van der Waals surface area contributed by atoms with Crippen molar-refractivity contribution in [1.29, 1.82) is 0 Å². The van der Waals surface area contributed by atoms with Gasteiger partial charge >= 0.3 is 6.09 Å². The number of carbonyl (C=O) groups excluding carboxylic acids is 1. The molecule has 1 aromatic heterocycles. The number of ether oxygens (including phenoxy) is 1. The van der Waals surface area contributed by atoms with Crippen molar-refractivity contribution in [2.24, 2.45) is 0 Å². The lowest BCUT2D eigenvalue weighted by Crippen LogP contribution is -2.50. The molecule has 0 aliphatic carbocycles. The summed E-state index contributed by atoms with van der Waals surface area (Å²) in [5.41, 5.74) is 2.13. The van der Waals surface area contributed by atoms with Crippen LogP contribution in [-0.4, -0.2) is 58.9 Å². The van der Waals surface area contributed by atoms with Gasteiger partial charge in [-0.15, -0.1) is 0 Å². The van der Waals surface area contributed by atoms with Crippen molar-refractivity contribution in [2.45, 2.75) is 6.54 Å². The fraction of sp³-hybridized carbons (Fsp3) is 0.273. The molecule has 2 heterocycles. The van der Waals surface area contributed by atoms with Gasteiger partial charge in [-0.3, -0.25) is 4.90 Å². The summed E-state index contributed by atoms with van der Waals surface area (Å²) in [5.74, 6) is 1.33. The lowest BCUT2D eigenvalue weighted by Gasteiger charge is -2.33. The molecule has 29 heavy (non-hydrogen) atoms. The zero-order valence-corrected chi connectivity index (χ0v) is 16.4. The fourth-order valence-corrected chi connectivity index (χ4v) is 3.38. The zero-order valence-electron chi connectivity index (χ0n) is 16.4. The maximum absolute atomic E-state index is 12.6. The van der Waals surface area contributed by atoms with Crippen molar-refractivity contribution in [3.8, 4) is 17.1 Å². The molecule has 0 N–H and O–H groups in total. The second kappa shape index (κ2) is 8.79. The van der Waals surface area contributed by atoms with E-state index in [1.807, 2.05) is 30.3 Å². The molecule has 0 bridgehead atoms. The van der Waals surface area contributed by atoms with Crippen LogP contribution >= 0.6 is 0 Å². The second-order valence-corrected chi connectivity index (χ2v) is 6.91. The van der Waals surface area contributed by atoms with Gasteiger partial charge in [0.2, 0.25) is 0 Å². The standard InChI is InChI=1S/C22H24N4O3/c1-28-20-9-7-19(8-10-20)21-23-11-12-26(21)29-22(27)25-15-13-24(14-16-25)17-18-5-3-2-4-6-18/h2-12H,13-17H2,1H3. The third-order valence-electron chi connectivity index (χ3n) is 5.01. The Bertz CT molecular complexity index is 932. The molecular formula is C22H24N4O3. The molecule has 1 saturated heterocycles. The van der Waals surface area contributed by atoms with Gasteiger partial charge in [0.05, 0.1) is 13.3 Å². The maximum atomic E-state index is 12.6. The van der Waals surface area contributed by atoms with E-state index < -0.39 is 0 Å². The van der Waals surface area contributed by atoms with E-state index in [-0.39, 0.29) is 6.09 Å². The Morgan fingerprint density at radius 2 is 1.72 bits per heavy atom. The number of nitrogens with zero attached hydrogens (tertiary/aromatic N) is 4. The highest BCUT2D eigenvalue weighted by Gasteiger charge is 2.23. The van der Waals surface area contributed by atoms with Crippen LogP contribution in [0.5, 0.6) is 5.75 Å². The SMILES string of the molecule is COc1ccc(-c2nccn2OC(=O)N2CCN(Cc3ccccc3)CC2)cc1. The fourth-order valence-electron chi connectivity index (χ4n) is 3.38. The van der Waals surface area contributed by atoms with Crippen molar-refractivity contribution in [2.75, 3.05) is 33.3 Å². The van der Waals surface area contributed by atoms with E-state index in [1.54, 1.807) is 24.4 Å². The number of imidazole rings is 1. The van der Waals surface area contributed by atoms with E-state index >= 15 is 0 Å². The summed E-state index contributed by atoms with van der Waals surface area (Å²) in [5, 5.41) is 0. The predicted molar refractivity (Wildman–Crippen MR) is 109 cm³/mol. The monoisotopic (exact) mass is 392 g/mol. The largest absolute Gasteiger partial charge is 0.497 e. The number of hydrogen-bond acceptors (Lipinski definition) is 5. The minimum atomic E-state index is -0.364. The zero-order chi connectivity index (χ0) is 20.1. The number of piperazine rings is 1. The van der Waals surface area contributed by atoms with Crippen LogP contribution in [0.15, 0.2) is 67.0 Å². The van der Waals surface area contributed by atoms with Crippen LogP contribution in [0.2, 0.25) is 0 Å². The summed E-state index contributed by atoms with van der Waals surface area (Å²) >= 11 is 0. The van der Waals surface area contributed by atoms with Gasteiger partial charge in [-0.05, 0) is 29.8 Å². The van der Waals surface area contributed by atoms with Gasteiger partial charge in [0, 0.05) is 44.5 Å². The predicted octanol–water partition coefficient (Wildman–Crippen LogP) is 2.93. The first-order valence-corrected chi connectivity index (χ1v) is 9.64. The topological polar surface area (TPSA) is 59.8 Å². The van der Waals surface area contributed by atoms with E-state index in [0.29, 0.717) is 18.9 Å². The summed E-state index contributed by atoms with van der Waals surface area (Å²) in [7, 11) is 1.62. The summed E-state index contributed by atoms with van der Waals surface area (Å²) in [6.07, 6.45) is 2.89. The molecule has 150 valence electrons. The van der Waals surface area contributed by atoms with Gasteiger partial charge in [0.15, 0.2) is 5.82 Å². The van der Waals surface area contributed by atoms with Crippen molar-refractivity contribution >= 4 is 6.09 Å². The highest BCUT2D eigenvalue weighted by Crippen LogP contribution is 2.20. The smallest absolute Gasteiger partial charge is 0.434 e. The lowest BCUT2D eigenvalue weighted by molar-refractivity contribution is 0.0689. The van der Waals surface area contributed by atoms with Gasteiger partial charge < -0.3 is 14.5 Å². The summed E-state index contributed by atoms with van der Waals surface area (Å²) in [4.78, 5) is 26.6. The van der Waals surface area contributed by atoms with Crippen LogP contribution in [0, 0.1) is 0 Å². The number of carbonyl (C=O) groups is 1. The maximum Gasteiger partial charge on any atom is 0.434 e. The first-order chi connectivity index (χ1) is 14.2. The number of benzene rings is 2. The third kappa shape index (κ3) is 4.57. The molecule has 1 fully saturated rings. The Morgan fingerprint density at radius 1 is 1.00 bits per heavy atom. The first kappa shape index (κ1) is 19.0. The number of aromatic nitrogens is 2. The van der Waals surface area contributed by atoms with Crippen molar-refractivity contribution in [3.63, 3.8) is 0 Å². The molecule has 1 aliphatic rings. The summed E-state index contributed by atoms with van der Waals surface area (Å²) < 4.78 is 6.60. The van der Waals surface area contributed by atoms with Crippen molar-refractivity contribution < 1.29 is 14.4 Å². The van der Waals surface area contributed by atoms with E-state index in [9.17, 15) is 4.79 Å². The van der Waals surface area contributed by atoms with E-state index in [1.165, 1.54) is 10.3 Å².